The summed E-state index contributed by atoms with van der Waals surface area (Å²) < 4.78 is 0.280. The zero-order valence-electron chi connectivity index (χ0n) is 14.6. The van der Waals surface area contributed by atoms with E-state index in [9.17, 15) is 9.59 Å². The van der Waals surface area contributed by atoms with Crippen LogP contribution in [0.5, 0.6) is 0 Å². The molecule has 2 amide bonds. The monoisotopic (exact) mass is 404 g/mol. The molecule has 4 fully saturated rings. The number of rotatable bonds is 4. The Morgan fingerprint density at radius 1 is 1.12 bits per heavy atom. The van der Waals surface area contributed by atoms with Gasteiger partial charge in [0.2, 0.25) is 11.8 Å². The van der Waals surface area contributed by atoms with Crippen LogP contribution in [0.25, 0.3) is 0 Å². The second-order valence-corrected chi connectivity index (χ2v) is 10.3. The Balaban J connectivity index is 1.43. The Morgan fingerprint density at radius 3 is 2.36 bits per heavy atom. The highest BCUT2D eigenvalue weighted by Gasteiger charge is 2.57. The van der Waals surface area contributed by atoms with Crippen molar-refractivity contribution in [2.24, 2.45) is 17.3 Å². The van der Waals surface area contributed by atoms with E-state index in [4.69, 9.17) is 0 Å². The normalized spacial score (nSPS) is 35.4. The van der Waals surface area contributed by atoms with E-state index in [1.165, 1.54) is 39.0 Å². The van der Waals surface area contributed by atoms with E-state index in [2.05, 4.69) is 26.6 Å². The minimum absolute atomic E-state index is 0.0954. The van der Waals surface area contributed by atoms with Crippen molar-refractivity contribution in [2.75, 3.05) is 10.6 Å². The highest BCUT2D eigenvalue weighted by atomic mass is 79.9. The molecule has 5 rings (SSSR count). The van der Waals surface area contributed by atoms with Gasteiger partial charge in [-0.25, -0.2) is 0 Å². The van der Waals surface area contributed by atoms with Crippen LogP contribution in [0.2, 0.25) is 0 Å². The Bertz CT molecular complexity index is 703. The van der Waals surface area contributed by atoms with Gasteiger partial charge in [-0.3, -0.25) is 9.59 Å². The minimum Gasteiger partial charge on any atom is -0.326 e. The predicted octanol–water partition coefficient (Wildman–Crippen LogP) is 4.71. The van der Waals surface area contributed by atoms with Gasteiger partial charge in [-0.1, -0.05) is 22.0 Å². The van der Waals surface area contributed by atoms with Gasteiger partial charge >= 0.3 is 0 Å². The number of halogens is 1. The molecule has 1 aromatic rings. The molecule has 4 nitrogen and oxygen atoms in total. The molecule has 2 unspecified atom stereocenters. The molecule has 0 saturated heterocycles. The number of carbonyl (C=O) groups is 2. The fourth-order valence-corrected chi connectivity index (χ4v) is 7.48. The lowest BCUT2D eigenvalue weighted by atomic mass is 9.48. The second kappa shape index (κ2) is 6.11. The molecule has 0 aromatic heterocycles. The first-order valence-corrected chi connectivity index (χ1v) is 9.99. The third-order valence-electron chi connectivity index (χ3n) is 6.11. The van der Waals surface area contributed by atoms with E-state index in [0.717, 1.165) is 23.9 Å². The SMILES string of the molecule is CC(=O)Nc1cccc(NC(=O)CC23CC4CC(CC(Br)(C4)C2)C3)c1. The third-order valence-corrected chi connectivity index (χ3v) is 7.04. The van der Waals surface area contributed by atoms with Gasteiger partial charge in [-0.2, -0.15) is 0 Å². The molecule has 5 heteroatoms. The lowest BCUT2D eigenvalue weighted by molar-refractivity contribution is -0.123. The number of carbonyl (C=O) groups excluding carboxylic acids is 2. The lowest BCUT2D eigenvalue weighted by Gasteiger charge is -2.60. The van der Waals surface area contributed by atoms with E-state index in [1.54, 1.807) is 0 Å². The van der Waals surface area contributed by atoms with Crippen LogP contribution in [0, 0.1) is 17.3 Å². The average molecular weight is 405 g/mol. The van der Waals surface area contributed by atoms with Gasteiger partial charge in [-0.05, 0) is 74.0 Å². The number of hydrogen-bond acceptors (Lipinski definition) is 2. The summed E-state index contributed by atoms with van der Waals surface area (Å²) in [6, 6.07) is 7.35. The lowest BCUT2D eigenvalue weighted by Crippen LogP contribution is -2.53. The van der Waals surface area contributed by atoms with E-state index in [0.29, 0.717) is 12.1 Å². The summed E-state index contributed by atoms with van der Waals surface area (Å²) in [6.07, 6.45) is 8.07. The molecule has 4 bridgehead atoms. The fourth-order valence-electron chi connectivity index (χ4n) is 5.97. The van der Waals surface area contributed by atoms with Crippen LogP contribution >= 0.6 is 15.9 Å². The van der Waals surface area contributed by atoms with Gasteiger partial charge in [-0.15, -0.1) is 0 Å². The molecule has 2 N–H and O–H groups in total. The number of hydrogen-bond donors (Lipinski definition) is 2. The number of anilines is 2. The van der Waals surface area contributed by atoms with Gasteiger partial charge < -0.3 is 10.6 Å². The molecular formula is C20H25BrN2O2. The van der Waals surface area contributed by atoms with Crippen molar-refractivity contribution in [2.45, 2.75) is 56.2 Å². The van der Waals surface area contributed by atoms with Crippen molar-refractivity contribution >= 4 is 39.1 Å². The first-order valence-electron chi connectivity index (χ1n) is 9.20. The molecule has 134 valence electrons. The van der Waals surface area contributed by atoms with E-state index in [1.807, 2.05) is 24.3 Å². The second-order valence-electron chi connectivity index (χ2n) is 8.60. The van der Waals surface area contributed by atoms with E-state index < -0.39 is 0 Å². The van der Waals surface area contributed by atoms with Crippen LogP contribution in [-0.4, -0.2) is 16.1 Å². The zero-order valence-corrected chi connectivity index (χ0v) is 16.2. The van der Waals surface area contributed by atoms with Crippen LogP contribution in [0.15, 0.2) is 24.3 Å². The summed E-state index contributed by atoms with van der Waals surface area (Å²) in [5.74, 6) is 1.56. The van der Waals surface area contributed by atoms with Gasteiger partial charge in [0.05, 0.1) is 0 Å². The quantitative estimate of drug-likeness (QED) is 0.713. The number of benzene rings is 1. The van der Waals surface area contributed by atoms with Crippen molar-refractivity contribution in [1.82, 2.24) is 0 Å². The maximum atomic E-state index is 12.7. The maximum absolute atomic E-state index is 12.7. The highest BCUT2D eigenvalue weighted by molar-refractivity contribution is 9.10. The Kier molecular flexibility index (Phi) is 4.18. The molecule has 4 aliphatic carbocycles. The van der Waals surface area contributed by atoms with Crippen LogP contribution < -0.4 is 10.6 Å². The topological polar surface area (TPSA) is 58.2 Å². The zero-order chi connectivity index (χ0) is 17.7. The number of amides is 2. The van der Waals surface area contributed by atoms with Crippen LogP contribution in [-0.2, 0) is 9.59 Å². The molecule has 4 saturated carbocycles. The Labute approximate surface area is 157 Å². The van der Waals surface area contributed by atoms with Crippen LogP contribution in [0.1, 0.15) is 51.9 Å². The summed E-state index contributed by atoms with van der Waals surface area (Å²) >= 11 is 4.01. The Morgan fingerprint density at radius 2 is 1.76 bits per heavy atom. The van der Waals surface area contributed by atoms with Gasteiger partial charge in [0, 0.05) is 29.0 Å². The van der Waals surface area contributed by atoms with Crippen LogP contribution in [0.3, 0.4) is 0 Å². The van der Waals surface area contributed by atoms with Crippen molar-refractivity contribution < 1.29 is 9.59 Å². The largest absolute Gasteiger partial charge is 0.326 e. The summed E-state index contributed by atoms with van der Waals surface area (Å²) in [7, 11) is 0. The molecular weight excluding hydrogens is 380 g/mol. The van der Waals surface area contributed by atoms with Crippen molar-refractivity contribution in [3.63, 3.8) is 0 Å². The number of nitrogens with one attached hydrogen (secondary N) is 2. The van der Waals surface area contributed by atoms with E-state index in [-0.39, 0.29) is 21.6 Å². The van der Waals surface area contributed by atoms with Crippen LogP contribution in [0.4, 0.5) is 11.4 Å². The first-order chi connectivity index (χ1) is 11.8. The molecule has 25 heavy (non-hydrogen) atoms. The average Bonchev–Trinajstić information content (AvgIpc) is 2.42. The van der Waals surface area contributed by atoms with Gasteiger partial charge in [0.25, 0.3) is 0 Å². The standard InChI is InChI=1S/C20H25BrN2O2/c1-13(24)22-16-3-2-4-17(6-16)23-18(25)11-19-7-14-5-15(8-19)10-20(21,9-14)12-19/h2-4,6,14-15H,5,7-12H2,1H3,(H,22,24)(H,23,25). The first kappa shape index (κ1) is 17.1. The summed E-state index contributed by atoms with van der Waals surface area (Å²) in [4.78, 5) is 23.9. The Hall–Kier alpha value is -1.36. The summed E-state index contributed by atoms with van der Waals surface area (Å²) in [5.41, 5.74) is 1.63. The van der Waals surface area contributed by atoms with Gasteiger partial charge in [0.15, 0.2) is 0 Å². The molecule has 2 atom stereocenters. The minimum atomic E-state index is -0.111. The predicted molar refractivity (Wildman–Crippen MR) is 103 cm³/mol. The van der Waals surface area contributed by atoms with E-state index >= 15 is 0 Å². The van der Waals surface area contributed by atoms with Crippen molar-refractivity contribution in [3.05, 3.63) is 24.3 Å². The van der Waals surface area contributed by atoms with Gasteiger partial charge in [0.1, 0.15) is 0 Å². The maximum Gasteiger partial charge on any atom is 0.224 e. The molecule has 4 aliphatic rings. The fraction of sp³-hybridized carbons (Fsp3) is 0.600. The smallest absolute Gasteiger partial charge is 0.224 e. The molecule has 0 aliphatic heterocycles. The van der Waals surface area contributed by atoms with Crippen molar-refractivity contribution in [1.29, 1.82) is 0 Å². The molecule has 1 aromatic carbocycles. The van der Waals surface area contributed by atoms with Crippen molar-refractivity contribution in [3.8, 4) is 0 Å². The third kappa shape index (κ3) is 3.62. The highest BCUT2D eigenvalue weighted by Crippen LogP contribution is 2.65. The molecule has 0 heterocycles. The molecule has 0 spiro atoms. The molecule has 0 radical (unpaired) electrons. The summed E-state index contributed by atoms with van der Waals surface area (Å²) in [5, 5.41) is 5.79. The summed E-state index contributed by atoms with van der Waals surface area (Å²) in [6.45, 7) is 1.48. The number of alkyl halides is 1.